The zero-order valence-electron chi connectivity index (χ0n) is 24.1. The standard InChI is InChI=1S/C39H19N7/c40-16-25-28(45-30-12-3-8-23-34(30)35-24(9-4-13-31(35)45)39-38(23)43-14-15-44-39)10-5-11-29(25)46-32-19-41-17-26-21-6-1-2-7-22(21)27-18-42-20-33(46)37(27)36(26)32/h1-15,17-20H. The van der Waals surface area contributed by atoms with Gasteiger partial charge in [-0.15, -0.1) is 0 Å². The first-order valence-corrected chi connectivity index (χ1v) is 15.1. The van der Waals surface area contributed by atoms with Crippen molar-refractivity contribution in [2.75, 3.05) is 0 Å². The zero-order valence-corrected chi connectivity index (χ0v) is 24.1. The molecule has 0 spiro atoms. The second-order valence-electron chi connectivity index (χ2n) is 11.8. The van der Waals surface area contributed by atoms with E-state index >= 15 is 0 Å². The largest absolute Gasteiger partial charge is 0.308 e. The first-order valence-electron chi connectivity index (χ1n) is 15.1. The molecule has 0 fully saturated rings. The molecule has 0 atom stereocenters. The van der Waals surface area contributed by atoms with Crippen LogP contribution >= 0.6 is 0 Å². The molecule has 5 aromatic heterocycles. The molecular weight excluding hydrogens is 566 g/mol. The Morgan fingerprint density at radius 3 is 1.43 bits per heavy atom. The maximum atomic E-state index is 11.0. The van der Waals surface area contributed by atoms with Gasteiger partial charge in [0.1, 0.15) is 11.6 Å². The molecule has 5 heterocycles. The smallest absolute Gasteiger partial charge is 0.104 e. The van der Waals surface area contributed by atoms with Crippen LogP contribution < -0.4 is 0 Å². The van der Waals surface area contributed by atoms with E-state index in [0.717, 1.165) is 98.3 Å². The molecule has 0 unspecified atom stereocenters. The van der Waals surface area contributed by atoms with Gasteiger partial charge in [0.15, 0.2) is 0 Å². The van der Waals surface area contributed by atoms with Crippen LogP contribution in [0.4, 0.5) is 0 Å². The fraction of sp³-hybridized carbons (Fsp3) is 0. The molecule has 0 saturated heterocycles. The summed E-state index contributed by atoms with van der Waals surface area (Å²) < 4.78 is 4.39. The highest BCUT2D eigenvalue weighted by molar-refractivity contribution is 6.34. The molecule has 0 amide bonds. The fourth-order valence-electron chi connectivity index (χ4n) is 8.02. The number of nitrogens with zero attached hydrogens (tertiary/aromatic N) is 7. The molecule has 46 heavy (non-hydrogen) atoms. The molecule has 0 N–H and O–H groups in total. The van der Waals surface area contributed by atoms with Crippen molar-refractivity contribution in [3.05, 3.63) is 122 Å². The van der Waals surface area contributed by atoms with Crippen LogP contribution in [0, 0.1) is 11.3 Å². The Bertz CT molecular complexity index is 2730. The molecule has 7 nitrogen and oxygen atoms in total. The summed E-state index contributed by atoms with van der Waals surface area (Å²) >= 11 is 0. The maximum absolute atomic E-state index is 11.0. The Balaban J connectivity index is 1.30. The van der Waals surface area contributed by atoms with Gasteiger partial charge in [-0.3, -0.25) is 19.9 Å². The number of hydrogen-bond donors (Lipinski definition) is 0. The Kier molecular flexibility index (Phi) is 4.28. The van der Waals surface area contributed by atoms with Crippen LogP contribution in [0.3, 0.4) is 0 Å². The van der Waals surface area contributed by atoms with E-state index in [-0.39, 0.29) is 0 Å². The minimum Gasteiger partial charge on any atom is -0.308 e. The van der Waals surface area contributed by atoms with Gasteiger partial charge in [0.25, 0.3) is 0 Å². The molecule has 0 aliphatic carbocycles. The van der Waals surface area contributed by atoms with Gasteiger partial charge in [0.2, 0.25) is 0 Å². The topological polar surface area (TPSA) is 85.2 Å². The van der Waals surface area contributed by atoms with Crippen LogP contribution in [0.1, 0.15) is 5.56 Å². The lowest BCUT2D eigenvalue weighted by molar-refractivity contribution is 1.11. The van der Waals surface area contributed by atoms with Crippen LogP contribution in [0.2, 0.25) is 0 Å². The van der Waals surface area contributed by atoms with Crippen molar-refractivity contribution in [1.82, 2.24) is 29.1 Å². The summed E-state index contributed by atoms with van der Waals surface area (Å²) in [5.74, 6) is 0. The van der Waals surface area contributed by atoms with Gasteiger partial charge in [-0.1, -0.05) is 54.6 Å². The third-order valence-electron chi connectivity index (χ3n) is 9.73. The van der Waals surface area contributed by atoms with Crippen LogP contribution in [0.25, 0.3) is 98.3 Å². The van der Waals surface area contributed by atoms with E-state index in [1.54, 1.807) is 12.4 Å². The minimum absolute atomic E-state index is 0.566. The summed E-state index contributed by atoms with van der Waals surface area (Å²) in [6.45, 7) is 0. The van der Waals surface area contributed by atoms with Crippen molar-refractivity contribution in [1.29, 1.82) is 5.26 Å². The van der Waals surface area contributed by atoms with E-state index in [1.807, 2.05) is 43.0 Å². The van der Waals surface area contributed by atoms with Crippen molar-refractivity contribution in [3.63, 3.8) is 0 Å². The molecule has 11 aromatic rings. The molecule has 0 aliphatic rings. The lowest BCUT2D eigenvalue weighted by Gasteiger charge is -2.15. The lowest BCUT2D eigenvalue weighted by Crippen LogP contribution is -2.04. The van der Waals surface area contributed by atoms with Gasteiger partial charge in [-0.05, 0) is 35.0 Å². The number of hydrogen-bond acceptors (Lipinski definition) is 5. The number of fused-ring (bicyclic) bond motifs is 6. The molecule has 0 bridgehead atoms. The highest BCUT2D eigenvalue weighted by Gasteiger charge is 2.25. The first-order chi connectivity index (χ1) is 22.8. The number of rotatable bonds is 2. The Hall–Kier alpha value is -6.65. The highest BCUT2D eigenvalue weighted by atomic mass is 15.0. The number of aromatic nitrogens is 6. The quantitative estimate of drug-likeness (QED) is 0.189. The summed E-state index contributed by atoms with van der Waals surface area (Å²) in [5.41, 5.74) is 7.85. The molecule has 6 aromatic carbocycles. The summed E-state index contributed by atoms with van der Waals surface area (Å²) in [5, 5.41) is 22.1. The summed E-state index contributed by atoms with van der Waals surface area (Å²) in [6.07, 6.45) is 11.2. The van der Waals surface area contributed by atoms with Gasteiger partial charge in [0.05, 0.1) is 56.9 Å². The van der Waals surface area contributed by atoms with Crippen LogP contribution in [0.15, 0.2) is 116 Å². The normalized spacial score (nSPS) is 12.3. The van der Waals surface area contributed by atoms with E-state index in [4.69, 9.17) is 19.9 Å². The van der Waals surface area contributed by atoms with E-state index in [0.29, 0.717) is 5.56 Å². The first kappa shape index (κ1) is 23.8. The van der Waals surface area contributed by atoms with E-state index in [2.05, 4.69) is 75.9 Å². The molecule has 0 radical (unpaired) electrons. The number of nitriles is 1. The Morgan fingerprint density at radius 1 is 0.457 bits per heavy atom. The summed E-state index contributed by atoms with van der Waals surface area (Å²) in [6, 6.07) is 29.8. The van der Waals surface area contributed by atoms with Gasteiger partial charge in [-0.2, -0.15) is 5.26 Å². The third-order valence-corrected chi connectivity index (χ3v) is 9.73. The summed E-state index contributed by atoms with van der Waals surface area (Å²) in [7, 11) is 0. The van der Waals surface area contributed by atoms with E-state index in [9.17, 15) is 5.26 Å². The molecule has 11 rings (SSSR count). The highest BCUT2D eigenvalue weighted by Crippen LogP contribution is 2.45. The Labute approximate surface area is 259 Å². The van der Waals surface area contributed by atoms with Gasteiger partial charge < -0.3 is 9.13 Å². The predicted octanol–water partition coefficient (Wildman–Crippen LogP) is 8.82. The van der Waals surface area contributed by atoms with Gasteiger partial charge in [-0.25, -0.2) is 0 Å². The van der Waals surface area contributed by atoms with Gasteiger partial charge in [0, 0.05) is 67.9 Å². The minimum atomic E-state index is 0.566. The van der Waals surface area contributed by atoms with Crippen molar-refractivity contribution >= 4 is 87.0 Å². The van der Waals surface area contributed by atoms with Gasteiger partial charge >= 0.3 is 0 Å². The monoisotopic (exact) mass is 585 g/mol. The molecule has 210 valence electrons. The zero-order chi connectivity index (χ0) is 30.1. The molecule has 7 heteroatoms. The molecule has 0 saturated carbocycles. The van der Waals surface area contributed by atoms with E-state index < -0.39 is 0 Å². The molecule has 0 aliphatic heterocycles. The van der Waals surface area contributed by atoms with Crippen molar-refractivity contribution in [2.45, 2.75) is 0 Å². The van der Waals surface area contributed by atoms with Crippen LogP contribution in [-0.4, -0.2) is 29.1 Å². The van der Waals surface area contributed by atoms with E-state index in [1.165, 1.54) is 0 Å². The predicted molar refractivity (Wildman–Crippen MR) is 183 cm³/mol. The fourth-order valence-corrected chi connectivity index (χ4v) is 8.02. The average Bonchev–Trinajstić information content (AvgIpc) is 3.64. The number of benzene rings is 6. The second-order valence-corrected chi connectivity index (χ2v) is 11.8. The van der Waals surface area contributed by atoms with Crippen molar-refractivity contribution in [3.8, 4) is 17.4 Å². The van der Waals surface area contributed by atoms with Crippen LogP contribution in [0.5, 0.6) is 0 Å². The molecular formula is C39H19N7. The average molecular weight is 586 g/mol. The SMILES string of the molecule is N#Cc1c(-n2c3cncc4c5ccccc5c5cncc2c5c43)cccc1-n1c2cccc3c4nccnc4c4cccc1c4c32. The maximum Gasteiger partial charge on any atom is 0.104 e. The summed E-state index contributed by atoms with van der Waals surface area (Å²) in [4.78, 5) is 18.9. The lowest BCUT2D eigenvalue weighted by atomic mass is 9.97. The van der Waals surface area contributed by atoms with Crippen molar-refractivity contribution in [2.24, 2.45) is 0 Å². The number of pyridine rings is 2. The van der Waals surface area contributed by atoms with Crippen LogP contribution in [-0.2, 0) is 0 Å². The third kappa shape index (κ3) is 2.69. The second kappa shape index (κ2) is 8.29. The Morgan fingerprint density at radius 2 is 0.913 bits per heavy atom. The van der Waals surface area contributed by atoms with Crippen molar-refractivity contribution < 1.29 is 0 Å².